The van der Waals surface area contributed by atoms with Crippen LogP contribution in [0.15, 0.2) is 30.6 Å². The lowest BCUT2D eigenvalue weighted by atomic mass is 10.1. The molecular formula is C15H16FN3O2. The highest BCUT2D eigenvalue weighted by Gasteiger charge is 2.14. The maximum absolute atomic E-state index is 13.7. The molecule has 0 radical (unpaired) electrons. The van der Waals surface area contributed by atoms with E-state index in [1.165, 1.54) is 31.6 Å². The molecule has 1 heterocycles. The molecule has 110 valence electrons. The van der Waals surface area contributed by atoms with Crippen LogP contribution >= 0.6 is 0 Å². The van der Waals surface area contributed by atoms with E-state index >= 15 is 0 Å². The Balaban J connectivity index is 2.10. The Labute approximate surface area is 122 Å². The van der Waals surface area contributed by atoms with Crippen molar-refractivity contribution in [1.82, 2.24) is 15.3 Å². The summed E-state index contributed by atoms with van der Waals surface area (Å²) in [5, 5.41) is 2.75. The molecule has 0 aliphatic rings. The molecule has 1 atom stereocenters. The molecule has 2 aromatic rings. The number of aryl methyl sites for hydroxylation is 1. The quantitative estimate of drug-likeness (QED) is 0.939. The topological polar surface area (TPSA) is 64.1 Å². The first-order chi connectivity index (χ1) is 10.0. The van der Waals surface area contributed by atoms with Crippen LogP contribution in [0.2, 0.25) is 0 Å². The number of hydrogen-bond acceptors (Lipinski definition) is 4. The number of rotatable bonds is 4. The van der Waals surface area contributed by atoms with Crippen LogP contribution in [0.25, 0.3) is 0 Å². The number of hydrogen-bond donors (Lipinski definition) is 1. The number of carbonyl (C=O) groups is 1. The molecule has 0 spiro atoms. The molecule has 2 rings (SSSR count). The third-order valence-electron chi connectivity index (χ3n) is 3.04. The normalized spacial score (nSPS) is 11.8. The van der Waals surface area contributed by atoms with Crippen LogP contribution in [-0.4, -0.2) is 23.0 Å². The van der Waals surface area contributed by atoms with Gasteiger partial charge in [0.2, 0.25) is 0 Å². The molecule has 6 heteroatoms. The Hall–Kier alpha value is -2.50. The van der Waals surface area contributed by atoms with Gasteiger partial charge in [0.05, 0.1) is 25.0 Å². The lowest BCUT2D eigenvalue weighted by molar-refractivity contribution is 0.0934. The van der Waals surface area contributed by atoms with Gasteiger partial charge in [0, 0.05) is 6.20 Å². The summed E-state index contributed by atoms with van der Waals surface area (Å²) in [6.45, 7) is 3.55. The number of nitrogens with zero attached hydrogens (tertiary/aromatic N) is 2. The summed E-state index contributed by atoms with van der Waals surface area (Å²) < 4.78 is 18.5. The van der Waals surface area contributed by atoms with Gasteiger partial charge in [-0.2, -0.15) is 0 Å². The molecule has 1 aromatic heterocycles. The summed E-state index contributed by atoms with van der Waals surface area (Å²) in [5.41, 5.74) is 1.60. The molecule has 0 saturated heterocycles. The zero-order valence-electron chi connectivity index (χ0n) is 12.1. The summed E-state index contributed by atoms with van der Waals surface area (Å²) in [6.07, 6.45) is 2.93. The van der Waals surface area contributed by atoms with Crippen LogP contribution in [0, 0.1) is 12.7 Å². The second-order valence-electron chi connectivity index (χ2n) is 4.63. The Morgan fingerprint density at radius 3 is 2.67 bits per heavy atom. The van der Waals surface area contributed by atoms with Crippen molar-refractivity contribution in [3.05, 3.63) is 53.4 Å². The third-order valence-corrected chi connectivity index (χ3v) is 3.04. The van der Waals surface area contributed by atoms with Crippen LogP contribution in [0.3, 0.4) is 0 Å². The van der Waals surface area contributed by atoms with Crippen molar-refractivity contribution in [3.8, 4) is 5.75 Å². The van der Waals surface area contributed by atoms with Crippen molar-refractivity contribution >= 4 is 5.91 Å². The fraction of sp³-hybridized carbons (Fsp3) is 0.267. The number of benzene rings is 1. The number of methoxy groups -OCH3 is 1. The number of ether oxygens (including phenoxy) is 1. The fourth-order valence-corrected chi connectivity index (χ4v) is 1.82. The number of nitrogens with one attached hydrogen (secondary N) is 1. The zero-order chi connectivity index (χ0) is 15.4. The van der Waals surface area contributed by atoms with Gasteiger partial charge in [0.1, 0.15) is 5.69 Å². The highest BCUT2D eigenvalue weighted by Crippen LogP contribution is 2.21. The van der Waals surface area contributed by atoms with Crippen molar-refractivity contribution in [1.29, 1.82) is 0 Å². The van der Waals surface area contributed by atoms with Gasteiger partial charge >= 0.3 is 0 Å². The standard InChI is InChI=1S/C15H16FN3O2/c1-9-7-18-13(8-17-9)15(20)19-10(2)11-4-5-14(21-3)12(16)6-11/h4-8,10H,1-3H3,(H,19,20)/t10-/m1/s1. The number of halogens is 1. The molecule has 1 N–H and O–H groups in total. The van der Waals surface area contributed by atoms with Gasteiger partial charge in [0.25, 0.3) is 5.91 Å². The fourth-order valence-electron chi connectivity index (χ4n) is 1.82. The van der Waals surface area contributed by atoms with Crippen molar-refractivity contribution < 1.29 is 13.9 Å². The Morgan fingerprint density at radius 2 is 2.10 bits per heavy atom. The maximum atomic E-state index is 13.7. The van der Waals surface area contributed by atoms with Gasteiger partial charge in [-0.05, 0) is 31.5 Å². The lowest BCUT2D eigenvalue weighted by Gasteiger charge is -2.15. The maximum Gasteiger partial charge on any atom is 0.271 e. The van der Waals surface area contributed by atoms with E-state index in [0.717, 1.165) is 5.69 Å². The molecule has 5 nitrogen and oxygen atoms in total. The summed E-state index contributed by atoms with van der Waals surface area (Å²) in [7, 11) is 1.40. The minimum atomic E-state index is -0.466. The molecule has 0 saturated carbocycles. The van der Waals surface area contributed by atoms with Crippen LogP contribution in [0.5, 0.6) is 5.75 Å². The van der Waals surface area contributed by atoms with Crippen molar-refractivity contribution in [2.24, 2.45) is 0 Å². The van der Waals surface area contributed by atoms with Gasteiger partial charge in [-0.15, -0.1) is 0 Å². The van der Waals surface area contributed by atoms with E-state index in [9.17, 15) is 9.18 Å². The van der Waals surface area contributed by atoms with Gasteiger partial charge < -0.3 is 10.1 Å². The van der Waals surface area contributed by atoms with E-state index in [4.69, 9.17) is 4.74 Å². The van der Waals surface area contributed by atoms with Gasteiger partial charge in [-0.1, -0.05) is 6.07 Å². The van der Waals surface area contributed by atoms with Crippen molar-refractivity contribution in [2.45, 2.75) is 19.9 Å². The summed E-state index contributed by atoms with van der Waals surface area (Å²) in [6, 6.07) is 4.21. The number of amides is 1. The van der Waals surface area contributed by atoms with Gasteiger partial charge in [-0.25, -0.2) is 9.37 Å². The molecule has 0 aliphatic heterocycles. The van der Waals surface area contributed by atoms with E-state index in [-0.39, 0.29) is 23.4 Å². The van der Waals surface area contributed by atoms with Gasteiger partial charge in [-0.3, -0.25) is 9.78 Å². The van der Waals surface area contributed by atoms with Crippen LogP contribution in [0.4, 0.5) is 4.39 Å². The summed E-state index contributed by atoms with van der Waals surface area (Å²) in [5.74, 6) is -0.654. The molecular weight excluding hydrogens is 273 g/mol. The van der Waals surface area contributed by atoms with E-state index in [0.29, 0.717) is 5.56 Å². The Kier molecular flexibility index (Phi) is 4.47. The monoisotopic (exact) mass is 289 g/mol. The van der Waals surface area contributed by atoms with Crippen LogP contribution in [0.1, 0.15) is 34.7 Å². The van der Waals surface area contributed by atoms with Crippen LogP contribution < -0.4 is 10.1 Å². The second-order valence-corrected chi connectivity index (χ2v) is 4.63. The number of carbonyl (C=O) groups excluding carboxylic acids is 1. The molecule has 0 aliphatic carbocycles. The first-order valence-corrected chi connectivity index (χ1v) is 6.44. The molecule has 1 aromatic carbocycles. The molecule has 0 unspecified atom stereocenters. The lowest BCUT2D eigenvalue weighted by Crippen LogP contribution is -2.27. The first kappa shape index (κ1) is 14.9. The third kappa shape index (κ3) is 3.53. The molecule has 1 amide bonds. The largest absolute Gasteiger partial charge is 0.494 e. The highest BCUT2D eigenvalue weighted by atomic mass is 19.1. The van der Waals surface area contributed by atoms with Crippen molar-refractivity contribution in [2.75, 3.05) is 7.11 Å². The Morgan fingerprint density at radius 1 is 1.33 bits per heavy atom. The molecule has 21 heavy (non-hydrogen) atoms. The second kappa shape index (κ2) is 6.30. The predicted molar refractivity (Wildman–Crippen MR) is 75.6 cm³/mol. The average Bonchev–Trinajstić information content (AvgIpc) is 2.47. The predicted octanol–water partition coefficient (Wildman–Crippen LogP) is 2.42. The minimum absolute atomic E-state index is 0.168. The zero-order valence-corrected chi connectivity index (χ0v) is 12.1. The summed E-state index contributed by atoms with van der Waals surface area (Å²) in [4.78, 5) is 20.0. The summed E-state index contributed by atoms with van der Waals surface area (Å²) >= 11 is 0. The van der Waals surface area contributed by atoms with Gasteiger partial charge in [0.15, 0.2) is 11.6 Å². The van der Waals surface area contributed by atoms with Crippen LogP contribution in [-0.2, 0) is 0 Å². The first-order valence-electron chi connectivity index (χ1n) is 6.44. The van der Waals surface area contributed by atoms with E-state index in [2.05, 4.69) is 15.3 Å². The Bertz CT molecular complexity index is 644. The SMILES string of the molecule is COc1ccc([C@@H](C)NC(=O)c2cnc(C)cn2)cc1F. The van der Waals surface area contributed by atoms with E-state index < -0.39 is 5.82 Å². The van der Waals surface area contributed by atoms with E-state index in [1.54, 1.807) is 19.9 Å². The number of aromatic nitrogens is 2. The molecule has 0 bridgehead atoms. The smallest absolute Gasteiger partial charge is 0.271 e. The van der Waals surface area contributed by atoms with E-state index in [1.807, 2.05) is 0 Å². The minimum Gasteiger partial charge on any atom is -0.494 e. The average molecular weight is 289 g/mol. The van der Waals surface area contributed by atoms with Crippen molar-refractivity contribution in [3.63, 3.8) is 0 Å². The highest BCUT2D eigenvalue weighted by molar-refractivity contribution is 5.92. The molecule has 0 fully saturated rings.